The van der Waals surface area contributed by atoms with Gasteiger partial charge in [-0.05, 0) is 50.0 Å². The number of carboxylic acids is 1. The third kappa shape index (κ3) is 8.44. The highest BCUT2D eigenvalue weighted by molar-refractivity contribution is 5.89. The number of rotatable bonds is 14. The molecular formula is C24H37NO5. The minimum absolute atomic E-state index is 0.125. The maximum absolute atomic E-state index is 10.6. The van der Waals surface area contributed by atoms with Gasteiger partial charge in [-0.1, -0.05) is 54.8 Å². The van der Waals surface area contributed by atoms with E-state index in [4.69, 9.17) is 9.94 Å². The van der Waals surface area contributed by atoms with Gasteiger partial charge in [-0.2, -0.15) is 0 Å². The molecule has 168 valence electrons. The Hall–Kier alpha value is -1.92. The summed E-state index contributed by atoms with van der Waals surface area (Å²) >= 11 is 0. The highest BCUT2D eigenvalue weighted by atomic mass is 16.6. The summed E-state index contributed by atoms with van der Waals surface area (Å²) in [6.07, 6.45) is 7.44. The molecule has 1 aromatic rings. The third-order valence-corrected chi connectivity index (χ3v) is 6.16. The number of oxime groups is 1. The van der Waals surface area contributed by atoms with Crippen LogP contribution in [0.5, 0.6) is 0 Å². The summed E-state index contributed by atoms with van der Waals surface area (Å²) in [7, 11) is 1.53. The van der Waals surface area contributed by atoms with E-state index in [0.29, 0.717) is 19.3 Å². The van der Waals surface area contributed by atoms with Gasteiger partial charge in [-0.15, -0.1) is 0 Å². The summed E-state index contributed by atoms with van der Waals surface area (Å²) in [5.74, 6) is -0.488. The van der Waals surface area contributed by atoms with Crippen molar-refractivity contribution < 1.29 is 25.0 Å². The van der Waals surface area contributed by atoms with Gasteiger partial charge in [-0.25, -0.2) is 0 Å². The molecule has 1 fully saturated rings. The zero-order chi connectivity index (χ0) is 21.8. The van der Waals surface area contributed by atoms with Gasteiger partial charge in [0.25, 0.3) is 0 Å². The van der Waals surface area contributed by atoms with Crippen LogP contribution in [0.4, 0.5) is 0 Å². The fraction of sp³-hybridized carbons (Fsp3) is 0.667. The summed E-state index contributed by atoms with van der Waals surface area (Å²) in [6, 6.07) is 10.2. The number of carboxylic acid groups (broad SMARTS) is 1. The number of aliphatic hydroxyl groups excluding tert-OH is 2. The number of benzene rings is 1. The molecule has 0 aromatic heterocycles. The van der Waals surface area contributed by atoms with Crippen LogP contribution in [0, 0.1) is 11.8 Å². The molecule has 4 atom stereocenters. The number of hydrogen-bond donors (Lipinski definition) is 3. The zero-order valence-corrected chi connectivity index (χ0v) is 18.1. The fourth-order valence-corrected chi connectivity index (χ4v) is 4.53. The van der Waals surface area contributed by atoms with Crippen LogP contribution in [0.15, 0.2) is 35.5 Å². The van der Waals surface area contributed by atoms with E-state index in [1.165, 1.54) is 12.7 Å². The molecule has 0 bridgehead atoms. The van der Waals surface area contributed by atoms with Gasteiger partial charge in [0.1, 0.15) is 7.11 Å². The van der Waals surface area contributed by atoms with Crippen molar-refractivity contribution in [3.63, 3.8) is 0 Å². The fourth-order valence-electron chi connectivity index (χ4n) is 4.53. The lowest BCUT2D eigenvalue weighted by Gasteiger charge is -2.23. The van der Waals surface area contributed by atoms with Gasteiger partial charge in [0.15, 0.2) is 0 Å². The molecule has 0 aliphatic heterocycles. The molecule has 0 radical (unpaired) electrons. The molecule has 1 aliphatic rings. The van der Waals surface area contributed by atoms with Crippen molar-refractivity contribution in [3.05, 3.63) is 35.9 Å². The van der Waals surface area contributed by atoms with Crippen molar-refractivity contribution in [3.8, 4) is 0 Å². The number of nitrogens with zero attached hydrogens (tertiary/aromatic N) is 1. The summed E-state index contributed by atoms with van der Waals surface area (Å²) in [6.45, 7) is 0. The molecule has 2 rings (SSSR count). The number of hydrogen-bond acceptors (Lipinski definition) is 5. The molecule has 0 amide bonds. The van der Waals surface area contributed by atoms with Crippen LogP contribution < -0.4 is 0 Å². The van der Waals surface area contributed by atoms with E-state index in [0.717, 1.165) is 50.7 Å². The molecule has 1 saturated carbocycles. The number of unbranched alkanes of at least 4 members (excludes halogenated alkanes) is 3. The van der Waals surface area contributed by atoms with E-state index in [2.05, 4.69) is 17.3 Å². The highest BCUT2D eigenvalue weighted by Crippen LogP contribution is 2.37. The minimum atomic E-state index is -0.743. The molecule has 0 spiro atoms. The second kappa shape index (κ2) is 13.4. The van der Waals surface area contributed by atoms with E-state index in [1.54, 1.807) is 0 Å². The van der Waals surface area contributed by atoms with Gasteiger partial charge in [0, 0.05) is 18.8 Å². The zero-order valence-electron chi connectivity index (χ0n) is 18.1. The molecule has 6 heteroatoms. The Bertz CT molecular complexity index is 648. The van der Waals surface area contributed by atoms with Crippen LogP contribution in [0.25, 0.3) is 0 Å². The van der Waals surface area contributed by atoms with Gasteiger partial charge < -0.3 is 20.2 Å². The highest BCUT2D eigenvalue weighted by Gasteiger charge is 2.39. The van der Waals surface area contributed by atoms with Crippen molar-refractivity contribution in [1.82, 2.24) is 0 Å². The standard InChI is InChI=1S/C24H37NO5/c1-30-25-22-17-23(27)21(11-7-2-3-8-12-24(28)29)20(22)16-15-19(26)14-13-18-9-5-4-6-10-18/h4-6,9-10,19-21,23,26-27H,2-3,7-8,11-17H2,1H3,(H,28,29)/b25-22-. The van der Waals surface area contributed by atoms with Gasteiger partial charge >= 0.3 is 5.97 Å². The Morgan fingerprint density at radius 3 is 2.57 bits per heavy atom. The topological polar surface area (TPSA) is 99.4 Å². The SMILES string of the molecule is CO/N=C1/CC(O)C(CCCCCCC(=O)O)C1CCC(O)CCc1ccccc1. The van der Waals surface area contributed by atoms with Crippen molar-refractivity contribution in [2.24, 2.45) is 17.0 Å². The Morgan fingerprint density at radius 1 is 1.13 bits per heavy atom. The van der Waals surface area contributed by atoms with Crippen LogP contribution in [0.1, 0.15) is 69.8 Å². The van der Waals surface area contributed by atoms with E-state index in [9.17, 15) is 15.0 Å². The first kappa shape index (κ1) is 24.4. The largest absolute Gasteiger partial charge is 0.481 e. The van der Waals surface area contributed by atoms with Crippen LogP contribution >= 0.6 is 0 Å². The molecule has 6 nitrogen and oxygen atoms in total. The van der Waals surface area contributed by atoms with Crippen LogP contribution in [0.2, 0.25) is 0 Å². The predicted molar refractivity (Wildman–Crippen MR) is 117 cm³/mol. The maximum atomic E-state index is 10.6. The molecular weight excluding hydrogens is 382 g/mol. The Kier molecular flexibility index (Phi) is 10.9. The van der Waals surface area contributed by atoms with Crippen LogP contribution in [0.3, 0.4) is 0 Å². The molecule has 1 aliphatic carbocycles. The second-order valence-corrected chi connectivity index (χ2v) is 8.41. The molecule has 1 aromatic carbocycles. The number of aliphatic carboxylic acids is 1. The lowest BCUT2D eigenvalue weighted by Crippen LogP contribution is -2.22. The maximum Gasteiger partial charge on any atom is 0.303 e. The number of carbonyl (C=O) groups is 1. The first-order valence-electron chi connectivity index (χ1n) is 11.2. The summed E-state index contributed by atoms with van der Waals surface area (Å²) in [5.41, 5.74) is 2.13. The van der Waals surface area contributed by atoms with Crippen molar-refractivity contribution in [1.29, 1.82) is 0 Å². The van der Waals surface area contributed by atoms with Crippen molar-refractivity contribution in [2.75, 3.05) is 7.11 Å². The molecule has 30 heavy (non-hydrogen) atoms. The van der Waals surface area contributed by atoms with E-state index in [-0.39, 0.29) is 24.4 Å². The Morgan fingerprint density at radius 2 is 1.87 bits per heavy atom. The van der Waals surface area contributed by atoms with E-state index in [1.807, 2.05) is 18.2 Å². The van der Waals surface area contributed by atoms with Gasteiger partial charge in [0.05, 0.1) is 17.9 Å². The van der Waals surface area contributed by atoms with Crippen molar-refractivity contribution in [2.45, 2.75) is 82.8 Å². The van der Waals surface area contributed by atoms with Crippen LogP contribution in [-0.4, -0.2) is 46.3 Å². The smallest absolute Gasteiger partial charge is 0.303 e. The summed E-state index contributed by atoms with van der Waals surface area (Å²) in [4.78, 5) is 15.6. The normalized spacial score (nSPS) is 23.6. The average Bonchev–Trinajstić information content (AvgIpc) is 3.02. The predicted octanol–water partition coefficient (Wildman–Crippen LogP) is 4.18. The van der Waals surface area contributed by atoms with Crippen LogP contribution in [-0.2, 0) is 16.1 Å². The molecule has 0 saturated heterocycles. The lowest BCUT2D eigenvalue weighted by atomic mass is 9.84. The average molecular weight is 420 g/mol. The van der Waals surface area contributed by atoms with Gasteiger partial charge in [0.2, 0.25) is 0 Å². The Labute approximate surface area is 180 Å². The first-order valence-corrected chi connectivity index (χ1v) is 11.2. The molecule has 4 unspecified atom stereocenters. The van der Waals surface area contributed by atoms with E-state index >= 15 is 0 Å². The van der Waals surface area contributed by atoms with E-state index < -0.39 is 12.1 Å². The summed E-state index contributed by atoms with van der Waals surface area (Å²) < 4.78 is 0. The van der Waals surface area contributed by atoms with Gasteiger partial charge in [-0.3, -0.25) is 4.79 Å². The Balaban J connectivity index is 1.80. The monoisotopic (exact) mass is 419 g/mol. The second-order valence-electron chi connectivity index (χ2n) is 8.41. The minimum Gasteiger partial charge on any atom is -0.481 e. The molecule has 0 heterocycles. The summed E-state index contributed by atoms with van der Waals surface area (Å²) in [5, 5.41) is 33.9. The first-order chi connectivity index (χ1) is 14.5. The number of aliphatic hydroxyl groups is 2. The molecule has 3 N–H and O–H groups in total. The number of aryl methyl sites for hydroxylation is 1. The van der Waals surface area contributed by atoms with Crippen molar-refractivity contribution >= 4 is 11.7 Å². The third-order valence-electron chi connectivity index (χ3n) is 6.16. The quantitative estimate of drug-likeness (QED) is 0.310. The lowest BCUT2D eigenvalue weighted by molar-refractivity contribution is -0.137.